The van der Waals surface area contributed by atoms with Crippen LogP contribution in [0.25, 0.3) is 0 Å². The number of anilines is 2. The van der Waals surface area contributed by atoms with Crippen molar-refractivity contribution in [1.82, 2.24) is 0 Å². The number of halogens is 1. The van der Waals surface area contributed by atoms with Crippen LogP contribution in [0.2, 0.25) is 5.02 Å². The molecule has 7 heteroatoms. The molecular weight excluding hydrogens is 356 g/mol. The SMILES string of the molecule is CC1(C)Oc2ccc(Cl)cc2N(CCC(=O)Nc2cccc(O)c2)C1=O. The van der Waals surface area contributed by atoms with Gasteiger partial charge in [-0.1, -0.05) is 17.7 Å². The Morgan fingerprint density at radius 3 is 2.77 bits per heavy atom. The number of ether oxygens (including phenoxy) is 1. The van der Waals surface area contributed by atoms with E-state index in [1.807, 2.05) is 0 Å². The standard InChI is InChI=1S/C19H19ClN2O4/c1-19(2)18(25)22(15-10-12(20)6-7-16(15)26-19)9-8-17(24)21-13-4-3-5-14(23)11-13/h3-7,10-11,23H,8-9H2,1-2H3,(H,21,24). The molecule has 6 nitrogen and oxygen atoms in total. The first kappa shape index (κ1) is 18.1. The number of nitrogens with zero attached hydrogens (tertiary/aromatic N) is 1. The van der Waals surface area contributed by atoms with Gasteiger partial charge in [0.2, 0.25) is 5.91 Å². The molecule has 1 heterocycles. The van der Waals surface area contributed by atoms with Crippen LogP contribution in [0.5, 0.6) is 11.5 Å². The normalized spacial score (nSPS) is 15.2. The van der Waals surface area contributed by atoms with Gasteiger partial charge in [-0.3, -0.25) is 9.59 Å². The molecule has 0 bridgehead atoms. The lowest BCUT2D eigenvalue weighted by Crippen LogP contribution is -2.53. The summed E-state index contributed by atoms with van der Waals surface area (Å²) in [5, 5.41) is 12.6. The molecule has 2 aromatic carbocycles. The zero-order chi connectivity index (χ0) is 18.9. The minimum Gasteiger partial charge on any atom is -0.508 e. The molecule has 0 unspecified atom stereocenters. The highest BCUT2D eigenvalue weighted by molar-refractivity contribution is 6.31. The Morgan fingerprint density at radius 1 is 1.27 bits per heavy atom. The summed E-state index contributed by atoms with van der Waals surface area (Å²) in [6.07, 6.45) is 0.0867. The van der Waals surface area contributed by atoms with Crippen LogP contribution in [-0.2, 0) is 9.59 Å². The zero-order valence-corrected chi connectivity index (χ0v) is 15.2. The number of benzene rings is 2. The third kappa shape index (κ3) is 3.75. The molecule has 136 valence electrons. The van der Waals surface area contributed by atoms with Crippen molar-refractivity contribution in [2.24, 2.45) is 0 Å². The summed E-state index contributed by atoms with van der Waals surface area (Å²) in [4.78, 5) is 26.5. The number of carbonyl (C=O) groups excluding carboxylic acids is 2. The highest BCUT2D eigenvalue weighted by atomic mass is 35.5. The Morgan fingerprint density at radius 2 is 2.04 bits per heavy atom. The average Bonchev–Trinajstić information content (AvgIpc) is 2.56. The van der Waals surface area contributed by atoms with Crippen molar-refractivity contribution in [2.75, 3.05) is 16.8 Å². The summed E-state index contributed by atoms with van der Waals surface area (Å²) in [5.74, 6) is 0.109. The Labute approximate surface area is 156 Å². The Bertz CT molecular complexity index is 866. The van der Waals surface area contributed by atoms with Gasteiger partial charge >= 0.3 is 0 Å². The van der Waals surface area contributed by atoms with E-state index in [9.17, 15) is 14.7 Å². The second-order valence-corrected chi connectivity index (χ2v) is 6.97. The summed E-state index contributed by atoms with van der Waals surface area (Å²) in [7, 11) is 0. The Hall–Kier alpha value is -2.73. The van der Waals surface area contributed by atoms with Crippen molar-refractivity contribution in [3.8, 4) is 11.5 Å². The second-order valence-electron chi connectivity index (χ2n) is 6.53. The fourth-order valence-corrected chi connectivity index (χ4v) is 2.95. The molecule has 0 fully saturated rings. The number of aromatic hydroxyl groups is 1. The molecule has 1 aliphatic heterocycles. The fraction of sp³-hybridized carbons (Fsp3) is 0.263. The summed E-state index contributed by atoms with van der Waals surface area (Å²) in [6, 6.07) is 11.3. The minimum atomic E-state index is -1.03. The van der Waals surface area contributed by atoms with E-state index in [-0.39, 0.29) is 30.5 Å². The summed E-state index contributed by atoms with van der Waals surface area (Å²) < 4.78 is 5.75. The van der Waals surface area contributed by atoms with Crippen LogP contribution in [0.15, 0.2) is 42.5 Å². The monoisotopic (exact) mass is 374 g/mol. The molecule has 2 amide bonds. The number of phenolic OH excluding ortho intramolecular Hbond substituents is 1. The van der Waals surface area contributed by atoms with Gasteiger partial charge in [0.25, 0.3) is 5.91 Å². The van der Waals surface area contributed by atoms with Gasteiger partial charge in [-0.2, -0.15) is 0 Å². The van der Waals surface area contributed by atoms with E-state index >= 15 is 0 Å². The van der Waals surface area contributed by atoms with E-state index in [4.69, 9.17) is 16.3 Å². The first-order valence-corrected chi connectivity index (χ1v) is 8.53. The van der Waals surface area contributed by atoms with Gasteiger partial charge in [-0.25, -0.2) is 0 Å². The van der Waals surface area contributed by atoms with Crippen molar-refractivity contribution < 1.29 is 19.4 Å². The molecule has 2 aromatic rings. The molecule has 0 radical (unpaired) electrons. The van der Waals surface area contributed by atoms with E-state index in [1.165, 1.54) is 17.0 Å². The topological polar surface area (TPSA) is 78.9 Å². The quantitative estimate of drug-likeness (QED) is 0.857. The van der Waals surface area contributed by atoms with Crippen LogP contribution in [-0.4, -0.2) is 29.1 Å². The minimum absolute atomic E-state index is 0.0662. The van der Waals surface area contributed by atoms with Crippen LogP contribution in [0.1, 0.15) is 20.3 Å². The highest BCUT2D eigenvalue weighted by Gasteiger charge is 2.40. The molecular formula is C19H19ClN2O4. The molecule has 2 N–H and O–H groups in total. The first-order chi connectivity index (χ1) is 12.3. The third-order valence-corrected chi connectivity index (χ3v) is 4.26. The Kier molecular flexibility index (Phi) is 4.78. The van der Waals surface area contributed by atoms with Gasteiger partial charge in [-0.05, 0) is 44.2 Å². The van der Waals surface area contributed by atoms with Crippen LogP contribution in [0, 0.1) is 0 Å². The highest BCUT2D eigenvalue weighted by Crippen LogP contribution is 2.39. The van der Waals surface area contributed by atoms with Crippen LogP contribution in [0.4, 0.5) is 11.4 Å². The molecule has 0 atom stereocenters. The van der Waals surface area contributed by atoms with Crippen molar-refractivity contribution in [2.45, 2.75) is 25.9 Å². The molecule has 26 heavy (non-hydrogen) atoms. The molecule has 0 saturated heterocycles. The maximum absolute atomic E-state index is 12.7. The lowest BCUT2D eigenvalue weighted by Gasteiger charge is -2.38. The van der Waals surface area contributed by atoms with Gasteiger partial charge in [0.1, 0.15) is 11.5 Å². The predicted molar refractivity (Wildman–Crippen MR) is 99.9 cm³/mol. The maximum atomic E-state index is 12.7. The number of nitrogens with one attached hydrogen (secondary N) is 1. The van der Waals surface area contributed by atoms with E-state index in [0.717, 1.165) is 0 Å². The predicted octanol–water partition coefficient (Wildman–Crippen LogP) is 3.58. The van der Waals surface area contributed by atoms with Crippen LogP contribution in [0.3, 0.4) is 0 Å². The van der Waals surface area contributed by atoms with Crippen molar-refractivity contribution >= 4 is 34.8 Å². The van der Waals surface area contributed by atoms with E-state index in [2.05, 4.69) is 5.32 Å². The number of hydrogen-bond acceptors (Lipinski definition) is 4. The van der Waals surface area contributed by atoms with Crippen molar-refractivity contribution in [3.05, 3.63) is 47.5 Å². The van der Waals surface area contributed by atoms with E-state index in [0.29, 0.717) is 22.1 Å². The van der Waals surface area contributed by atoms with Gasteiger partial charge in [0.05, 0.1) is 5.69 Å². The summed E-state index contributed by atoms with van der Waals surface area (Å²) >= 11 is 6.05. The van der Waals surface area contributed by atoms with Gasteiger partial charge < -0.3 is 20.1 Å². The lowest BCUT2D eigenvalue weighted by atomic mass is 10.0. The Balaban J connectivity index is 1.75. The molecule has 0 spiro atoms. The van der Waals surface area contributed by atoms with E-state index < -0.39 is 5.60 Å². The summed E-state index contributed by atoms with van der Waals surface area (Å²) in [5.41, 5.74) is 0.0155. The number of carbonyl (C=O) groups is 2. The van der Waals surface area contributed by atoms with Gasteiger partial charge in [0, 0.05) is 29.7 Å². The third-order valence-electron chi connectivity index (χ3n) is 4.03. The number of amides is 2. The lowest BCUT2D eigenvalue weighted by molar-refractivity contribution is -0.132. The molecule has 0 aromatic heterocycles. The fourth-order valence-electron chi connectivity index (χ4n) is 2.78. The number of hydrogen-bond donors (Lipinski definition) is 2. The molecule has 1 aliphatic rings. The zero-order valence-electron chi connectivity index (χ0n) is 14.5. The van der Waals surface area contributed by atoms with Crippen molar-refractivity contribution in [3.63, 3.8) is 0 Å². The van der Waals surface area contributed by atoms with Gasteiger partial charge in [-0.15, -0.1) is 0 Å². The maximum Gasteiger partial charge on any atom is 0.270 e. The first-order valence-electron chi connectivity index (χ1n) is 8.16. The van der Waals surface area contributed by atoms with E-state index in [1.54, 1.807) is 44.2 Å². The number of fused-ring (bicyclic) bond motifs is 1. The molecule has 0 saturated carbocycles. The molecule has 0 aliphatic carbocycles. The molecule has 3 rings (SSSR count). The van der Waals surface area contributed by atoms with Gasteiger partial charge in [0.15, 0.2) is 5.60 Å². The summed E-state index contributed by atoms with van der Waals surface area (Å²) in [6.45, 7) is 3.56. The average molecular weight is 375 g/mol. The largest absolute Gasteiger partial charge is 0.508 e. The smallest absolute Gasteiger partial charge is 0.270 e. The second kappa shape index (κ2) is 6.88. The number of rotatable bonds is 4. The van der Waals surface area contributed by atoms with Crippen molar-refractivity contribution in [1.29, 1.82) is 0 Å². The van der Waals surface area contributed by atoms with Crippen LogP contribution >= 0.6 is 11.6 Å². The van der Waals surface area contributed by atoms with Crippen LogP contribution < -0.4 is 15.0 Å². The number of phenols is 1.